The van der Waals surface area contributed by atoms with E-state index in [9.17, 15) is 9.59 Å². The quantitative estimate of drug-likeness (QED) is 0.869. The molecule has 0 bridgehead atoms. The molecule has 1 rings (SSSR count). The molecule has 0 aliphatic carbocycles. The first kappa shape index (κ1) is 14.6. The summed E-state index contributed by atoms with van der Waals surface area (Å²) >= 11 is 1.29. The van der Waals surface area contributed by atoms with Gasteiger partial charge in [0.1, 0.15) is 5.76 Å². The van der Waals surface area contributed by atoms with Gasteiger partial charge in [-0.2, -0.15) is 0 Å². The molecule has 1 unspecified atom stereocenters. The van der Waals surface area contributed by atoms with Gasteiger partial charge in [-0.3, -0.25) is 9.59 Å². The lowest BCUT2D eigenvalue weighted by Gasteiger charge is -2.13. The van der Waals surface area contributed by atoms with E-state index in [-0.39, 0.29) is 22.8 Å². The Morgan fingerprint density at radius 3 is 2.72 bits per heavy atom. The lowest BCUT2D eigenvalue weighted by atomic mass is 10.4. The SMILES string of the molecule is Cc1cc(NC(=O)C(C)SCC(=O)N(C)C)no1. The van der Waals surface area contributed by atoms with Gasteiger partial charge in [0.15, 0.2) is 5.82 Å². The highest BCUT2D eigenvalue weighted by Gasteiger charge is 2.17. The van der Waals surface area contributed by atoms with Crippen molar-refractivity contribution in [1.29, 1.82) is 0 Å². The maximum Gasteiger partial charge on any atom is 0.238 e. The van der Waals surface area contributed by atoms with Gasteiger partial charge in [0.25, 0.3) is 0 Å². The third-order valence-corrected chi connectivity index (χ3v) is 3.33. The fraction of sp³-hybridized carbons (Fsp3) is 0.545. The summed E-state index contributed by atoms with van der Waals surface area (Å²) in [7, 11) is 3.37. The van der Waals surface area contributed by atoms with Gasteiger partial charge >= 0.3 is 0 Å². The number of hydrogen-bond acceptors (Lipinski definition) is 5. The molecule has 1 atom stereocenters. The van der Waals surface area contributed by atoms with Gasteiger partial charge in [0.2, 0.25) is 11.8 Å². The second kappa shape index (κ2) is 6.44. The highest BCUT2D eigenvalue weighted by Crippen LogP contribution is 2.14. The van der Waals surface area contributed by atoms with Crippen LogP contribution in [0.2, 0.25) is 0 Å². The molecule has 0 radical (unpaired) electrons. The van der Waals surface area contributed by atoms with Crippen LogP contribution >= 0.6 is 11.8 Å². The van der Waals surface area contributed by atoms with E-state index < -0.39 is 0 Å². The summed E-state index contributed by atoms with van der Waals surface area (Å²) in [6.07, 6.45) is 0. The molecule has 0 aromatic carbocycles. The lowest BCUT2D eigenvalue weighted by Crippen LogP contribution is -2.27. The second-order valence-electron chi connectivity index (χ2n) is 4.05. The van der Waals surface area contributed by atoms with Crippen LogP contribution in [0.15, 0.2) is 10.6 Å². The maximum absolute atomic E-state index is 11.8. The van der Waals surface area contributed by atoms with Crippen molar-refractivity contribution in [1.82, 2.24) is 10.1 Å². The van der Waals surface area contributed by atoms with Gasteiger partial charge in [-0.05, 0) is 13.8 Å². The number of anilines is 1. The zero-order valence-corrected chi connectivity index (χ0v) is 11.7. The predicted octanol–water partition coefficient (Wildman–Crippen LogP) is 1.13. The van der Waals surface area contributed by atoms with Crippen LogP contribution < -0.4 is 5.32 Å². The van der Waals surface area contributed by atoms with E-state index in [1.807, 2.05) is 0 Å². The highest BCUT2D eigenvalue weighted by atomic mass is 32.2. The Labute approximate surface area is 110 Å². The number of hydrogen-bond donors (Lipinski definition) is 1. The molecule has 1 aromatic heterocycles. The number of nitrogens with one attached hydrogen (secondary N) is 1. The molecule has 0 fully saturated rings. The van der Waals surface area contributed by atoms with E-state index in [1.54, 1.807) is 34.0 Å². The molecule has 18 heavy (non-hydrogen) atoms. The first-order valence-corrected chi connectivity index (χ1v) is 6.51. The van der Waals surface area contributed by atoms with Crippen molar-refractivity contribution in [2.75, 3.05) is 25.2 Å². The topological polar surface area (TPSA) is 75.4 Å². The minimum Gasteiger partial charge on any atom is -0.360 e. The monoisotopic (exact) mass is 271 g/mol. The molecular formula is C11H17N3O3S. The molecule has 0 spiro atoms. The van der Waals surface area contributed by atoms with E-state index in [2.05, 4.69) is 10.5 Å². The molecule has 0 aliphatic rings. The van der Waals surface area contributed by atoms with Gasteiger partial charge in [-0.25, -0.2) is 0 Å². The van der Waals surface area contributed by atoms with Crippen LogP contribution in [0.1, 0.15) is 12.7 Å². The van der Waals surface area contributed by atoms with Crippen LogP contribution in [0.4, 0.5) is 5.82 Å². The molecule has 0 saturated heterocycles. The molecule has 0 aliphatic heterocycles. The Kier molecular flexibility index (Phi) is 5.21. The zero-order valence-electron chi connectivity index (χ0n) is 10.9. The minimum absolute atomic E-state index is 0.0167. The summed E-state index contributed by atoms with van der Waals surface area (Å²) < 4.78 is 4.84. The largest absolute Gasteiger partial charge is 0.360 e. The highest BCUT2D eigenvalue weighted by molar-refractivity contribution is 8.01. The summed E-state index contributed by atoms with van der Waals surface area (Å²) in [5, 5.41) is 5.97. The van der Waals surface area contributed by atoms with Crippen molar-refractivity contribution < 1.29 is 14.1 Å². The molecule has 1 N–H and O–H groups in total. The Morgan fingerprint density at radius 2 is 2.22 bits per heavy atom. The number of nitrogens with zero attached hydrogens (tertiary/aromatic N) is 2. The van der Waals surface area contributed by atoms with Crippen LogP contribution in [0.3, 0.4) is 0 Å². The molecule has 7 heteroatoms. The van der Waals surface area contributed by atoms with Crippen LogP contribution in [-0.4, -0.2) is 47.0 Å². The van der Waals surface area contributed by atoms with Crippen molar-refractivity contribution in [2.24, 2.45) is 0 Å². The van der Waals surface area contributed by atoms with Gasteiger partial charge in [-0.1, -0.05) is 5.16 Å². The number of carbonyl (C=O) groups excluding carboxylic acids is 2. The summed E-state index contributed by atoms with van der Waals surface area (Å²) in [5.74, 6) is 1.09. The smallest absolute Gasteiger partial charge is 0.238 e. The third-order valence-electron chi connectivity index (χ3n) is 2.20. The van der Waals surface area contributed by atoms with Gasteiger partial charge < -0.3 is 14.7 Å². The van der Waals surface area contributed by atoms with Gasteiger partial charge in [0.05, 0.1) is 11.0 Å². The van der Waals surface area contributed by atoms with Crippen LogP contribution in [-0.2, 0) is 9.59 Å². The van der Waals surface area contributed by atoms with Crippen LogP contribution in [0.25, 0.3) is 0 Å². The Morgan fingerprint density at radius 1 is 1.56 bits per heavy atom. The van der Waals surface area contributed by atoms with Crippen molar-refractivity contribution in [3.05, 3.63) is 11.8 Å². The maximum atomic E-state index is 11.8. The summed E-state index contributed by atoms with van der Waals surface area (Å²) in [6, 6.07) is 1.64. The summed E-state index contributed by atoms with van der Waals surface area (Å²) in [4.78, 5) is 24.6. The number of amides is 2. The molecule has 2 amide bonds. The second-order valence-corrected chi connectivity index (χ2v) is 5.38. The number of aromatic nitrogens is 1. The molecule has 0 saturated carbocycles. The minimum atomic E-state index is -0.328. The van der Waals surface area contributed by atoms with E-state index in [4.69, 9.17) is 4.52 Å². The van der Waals surface area contributed by atoms with E-state index in [0.717, 1.165) is 0 Å². The van der Waals surface area contributed by atoms with Crippen LogP contribution in [0.5, 0.6) is 0 Å². The van der Waals surface area contributed by atoms with E-state index in [1.165, 1.54) is 16.7 Å². The number of rotatable bonds is 5. The van der Waals surface area contributed by atoms with Crippen LogP contribution in [0, 0.1) is 6.92 Å². The predicted molar refractivity (Wildman–Crippen MR) is 70.5 cm³/mol. The van der Waals surface area contributed by atoms with Crippen molar-refractivity contribution in [3.8, 4) is 0 Å². The van der Waals surface area contributed by atoms with Gasteiger partial charge in [-0.15, -0.1) is 11.8 Å². The zero-order chi connectivity index (χ0) is 13.7. The van der Waals surface area contributed by atoms with Crippen molar-refractivity contribution in [3.63, 3.8) is 0 Å². The number of aryl methyl sites for hydroxylation is 1. The molecule has 1 heterocycles. The molecule has 6 nitrogen and oxygen atoms in total. The van der Waals surface area contributed by atoms with Crippen molar-refractivity contribution in [2.45, 2.75) is 19.1 Å². The normalized spacial score (nSPS) is 12.0. The fourth-order valence-electron chi connectivity index (χ4n) is 1.05. The van der Waals surface area contributed by atoms with E-state index in [0.29, 0.717) is 11.6 Å². The Bertz CT molecular complexity index is 431. The molecule has 1 aromatic rings. The summed E-state index contributed by atoms with van der Waals surface area (Å²) in [5.41, 5.74) is 0. The Balaban J connectivity index is 2.40. The third kappa shape index (κ3) is 4.40. The first-order valence-electron chi connectivity index (χ1n) is 5.46. The number of carbonyl (C=O) groups is 2. The Hall–Kier alpha value is -1.50. The average Bonchev–Trinajstić information content (AvgIpc) is 2.70. The van der Waals surface area contributed by atoms with Gasteiger partial charge in [0, 0.05) is 20.2 Å². The standard InChI is InChI=1S/C11H17N3O3S/c1-7-5-9(13-17-7)12-11(16)8(2)18-6-10(15)14(3)4/h5,8H,6H2,1-4H3,(H,12,13,16). The average molecular weight is 271 g/mol. The first-order chi connectivity index (χ1) is 8.40. The molecule has 100 valence electrons. The lowest BCUT2D eigenvalue weighted by molar-refractivity contribution is -0.125. The van der Waals surface area contributed by atoms with Crippen molar-refractivity contribution >= 4 is 29.4 Å². The van der Waals surface area contributed by atoms with E-state index >= 15 is 0 Å². The molecular weight excluding hydrogens is 254 g/mol. The number of thioether (sulfide) groups is 1. The summed E-state index contributed by atoms with van der Waals surface area (Å²) in [6.45, 7) is 3.49. The fourth-order valence-corrected chi connectivity index (χ4v) is 1.92.